The van der Waals surface area contributed by atoms with E-state index in [2.05, 4.69) is 86.5 Å². The zero-order chi connectivity index (χ0) is 22.3. The Kier molecular flexibility index (Phi) is 7.32. The Morgan fingerprint density at radius 3 is 2.44 bits per heavy atom. The highest BCUT2D eigenvalue weighted by atomic mass is 32.2. The number of H-pyrrole nitrogens is 1. The predicted molar refractivity (Wildman–Crippen MR) is 128 cm³/mol. The highest BCUT2D eigenvalue weighted by Gasteiger charge is 2.14. The molecule has 7 nitrogen and oxygen atoms in total. The van der Waals surface area contributed by atoms with Crippen LogP contribution in [0.4, 0.5) is 0 Å². The number of rotatable bonds is 10. The Labute approximate surface area is 193 Å². The SMILES string of the molecule is CCCCc1nnc(SCC(C)C)n1Cc1ccc(-c2ccccc2-c2nnn[nH]2)cc1. The van der Waals surface area contributed by atoms with E-state index >= 15 is 0 Å². The number of aryl methyl sites for hydroxylation is 1. The summed E-state index contributed by atoms with van der Waals surface area (Å²) in [7, 11) is 0. The van der Waals surface area contributed by atoms with Crippen LogP contribution in [-0.4, -0.2) is 41.1 Å². The Morgan fingerprint density at radius 1 is 0.969 bits per heavy atom. The van der Waals surface area contributed by atoms with Gasteiger partial charge in [0.1, 0.15) is 5.82 Å². The van der Waals surface area contributed by atoms with Crippen LogP contribution in [0.15, 0.2) is 53.7 Å². The van der Waals surface area contributed by atoms with Gasteiger partial charge < -0.3 is 4.57 Å². The molecule has 0 aliphatic rings. The van der Waals surface area contributed by atoms with Crippen LogP contribution in [0.2, 0.25) is 0 Å². The molecule has 32 heavy (non-hydrogen) atoms. The maximum atomic E-state index is 4.50. The number of hydrogen-bond donors (Lipinski definition) is 1. The summed E-state index contributed by atoms with van der Waals surface area (Å²) >= 11 is 1.80. The summed E-state index contributed by atoms with van der Waals surface area (Å²) in [5, 5.41) is 24.4. The smallest absolute Gasteiger partial charge is 0.191 e. The van der Waals surface area contributed by atoms with Crippen molar-refractivity contribution in [1.82, 2.24) is 35.4 Å². The van der Waals surface area contributed by atoms with Crippen molar-refractivity contribution in [2.24, 2.45) is 5.92 Å². The molecule has 4 aromatic rings. The summed E-state index contributed by atoms with van der Waals surface area (Å²) in [4.78, 5) is 0. The van der Waals surface area contributed by atoms with Crippen molar-refractivity contribution in [3.05, 3.63) is 59.9 Å². The minimum absolute atomic E-state index is 0.614. The fourth-order valence-corrected chi connectivity index (χ4v) is 4.44. The summed E-state index contributed by atoms with van der Waals surface area (Å²) < 4.78 is 2.28. The number of tetrazole rings is 1. The van der Waals surface area contributed by atoms with E-state index in [1.165, 1.54) is 5.56 Å². The number of aromatic amines is 1. The molecule has 1 N–H and O–H groups in total. The topological polar surface area (TPSA) is 85.2 Å². The van der Waals surface area contributed by atoms with Crippen LogP contribution < -0.4 is 0 Å². The van der Waals surface area contributed by atoms with Gasteiger partial charge >= 0.3 is 0 Å². The van der Waals surface area contributed by atoms with E-state index in [0.29, 0.717) is 11.7 Å². The lowest BCUT2D eigenvalue weighted by atomic mass is 9.98. The van der Waals surface area contributed by atoms with Crippen LogP contribution in [0.1, 0.15) is 45.0 Å². The third-order valence-corrected chi connectivity index (χ3v) is 6.62. The molecule has 166 valence electrons. The van der Waals surface area contributed by atoms with Gasteiger partial charge in [-0.05, 0) is 39.5 Å². The Bertz CT molecular complexity index is 1120. The molecule has 0 spiro atoms. The Balaban J connectivity index is 1.58. The highest BCUT2D eigenvalue weighted by Crippen LogP contribution is 2.30. The van der Waals surface area contributed by atoms with Gasteiger partial charge in [0.2, 0.25) is 0 Å². The monoisotopic (exact) mass is 447 g/mol. The molecule has 0 fully saturated rings. The molecular formula is C24H29N7S. The summed E-state index contributed by atoms with van der Waals surface area (Å²) in [6, 6.07) is 16.8. The zero-order valence-electron chi connectivity index (χ0n) is 18.8. The number of benzene rings is 2. The first kappa shape index (κ1) is 22.2. The molecule has 4 rings (SSSR count). The summed E-state index contributed by atoms with van der Waals surface area (Å²) in [6.07, 6.45) is 3.23. The number of unbranched alkanes of at least 4 members (excludes halogenated alkanes) is 1. The number of nitrogens with zero attached hydrogens (tertiary/aromatic N) is 6. The molecule has 0 saturated heterocycles. The van der Waals surface area contributed by atoms with Crippen molar-refractivity contribution < 1.29 is 0 Å². The van der Waals surface area contributed by atoms with Crippen LogP contribution in [-0.2, 0) is 13.0 Å². The first-order chi connectivity index (χ1) is 15.7. The van der Waals surface area contributed by atoms with E-state index in [1.807, 2.05) is 18.2 Å². The van der Waals surface area contributed by atoms with E-state index in [4.69, 9.17) is 0 Å². The fraction of sp³-hybridized carbons (Fsp3) is 0.375. The molecule has 0 atom stereocenters. The van der Waals surface area contributed by atoms with Crippen molar-refractivity contribution >= 4 is 11.8 Å². The van der Waals surface area contributed by atoms with Gasteiger partial charge in [-0.15, -0.1) is 15.3 Å². The average Bonchev–Trinajstić information content (AvgIpc) is 3.47. The largest absolute Gasteiger partial charge is 0.302 e. The predicted octanol–water partition coefficient (Wildman–Crippen LogP) is 5.26. The second-order valence-corrected chi connectivity index (χ2v) is 9.27. The van der Waals surface area contributed by atoms with Crippen LogP contribution in [0, 0.1) is 5.92 Å². The molecule has 2 aromatic heterocycles. The van der Waals surface area contributed by atoms with Crippen LogP contribution in [0.25, 0.3) is 22.5 Å². The second kappa shape index (κ2) is 10.5. The van der Waals surface area contributed by atoms with E-state index in [0.717, 1.165) is 59.2 Å². The molecule has 0 bridgehead atoms. The molecule has 0 amide bonds. The van der Waals surface area contributed by atoms with Crippen LogP contribution in [0.3, 0.4) is 0 Å². The van der Waals surface area contributed by atoms with Crippen molar-refractivity contribution in [2.45, 2.75) is 51.7 Å². The molecule has 0 unspecified atom stereocenters. The van der Waals surface area contributed by atoms with Gasteiger partial charge in [-0.2, -0.15) is 0 Å². The standard InChI is InChI=1S/C24H29N7S/c1-4-5-10-22-25-28-24(32-16-17(2)3)31(22)15-18-11-13-19(14-12-18)20-8-6-7-9-21(20)23-26-29-30-27-23/h6-9,11-14,17H,4-5,10,15-16H2,1-3H3,(H,26,27,29,30). The number of nitrogens with one attached hydrogen (secondary N) is 1. The van der Waals surface area contributed by atoms with E-state index in [9.17, 15) is 0 Å². The van der Waals surface area contributed by atoms with Crippen molar-refractivity contribution in [1.29, 1.82) is 0 Å². The Hall–Kier alpha value is -3.00. The fourth-order valence-electron chi connectivity index (χ4n) is 3.53. The lowest BCUT2D eigenvalue weighted by Gasteiger charge is -2.12. The van der Waals surface area contributed by atoms with Gasteiger partial charge in [0.25, 0.3) is 0 Å². The van der Waals surface area contributed by atoms with Crippen molar-refractivity contribution in [3.8, 4) is 22.5 Å². The van der Waals surface area contributed by atoms with Gasteiger partial charge in [-0.25, -0.2) is 5.10 Å². The van der Waals surface area contributed by atoms with Gasteiger partial charge in [-0.3, -0.25) is 0 Å². The minimum atomic E-state index is 0.614. The molecule has 0 aliphatic carbocycles. The Morgan fingerprint density at radius 2 is 1.75 bits per heavy atom. The number of hydrogen-bond acceptors (Lipinski definition) is 6. The summed E-state index contributed by atoms with van der Waals surface area (Å²) in [5.74, 6) is 3.40. The molecule has 2 heterocycles. The summed E-state index contributed by atoms with van der Waals surface area (Å²) in [5.41, 5.74) is 4.44. The summed E-state index contributed by atoms with van der Waals surface area (Å²) in [6.45, 7) is 7.45. The van der Waals surface area contributed by atoms with Crippen molar-refractivity contribution in [2.75, 3.05) is 5.75 Å². The highest BCUT2D eigenvalue weighted by molar-refractivity contribution is 7.99. The lowest BCUT2D eigenvalue weighted by Crippen LogP contribution is -2.07. The molecule has 0 saturated carbocycles. The normalized spacial score (nSPS) is 11.4. The maximum Gasteiger partial charge on any atom is 0.191 e. The molecule has 0 aliphatic heterocycles. The minimum Gasteiger partial charge on any atom is -0.302 e. The van der Waals surface area contributed by atoms with Gasteiger partial charge in [0.05, 0.1) is 6.54 Å². The van der Waals surface area contributed by atoms with E-state index in [-0.39, 0.29) is 0 Å². The van der Waals surface area contributed by atoms with E-state index in [1.54, 1.807) is 11.8 Å². The van der Waals surface area contributed by atoms with Crippen LogP contribution in [0.5, 0.6) is 0 Å². The van der Waals surface area contributed by atoms with E-state index < -0.39 is 0 Å². The maximum absolute atomic E-state index is 4.50. The quantitative estimate of drug-likeness (QED) is 0.334. The third-order valence-electron chi connectivity index (χ3n) is 5.23. The van der Waals surface area contributed by atoms with Gasteiger partial charge in [0, 0.05) is 17.7 Å². The first-order valence-corrected chi connectivity index (χ1v) is 12.1. The van der Waals surface area contributed by atoms with Gasteiger partial charge in [-0.1, -0.05) is 87.5 Å². The first-order valence-electron chi connectivity index (χ1n) is 11.1. The number of aromatic nitrogens is 7. The molecular weight excluding hydrogens is 418 g/mol. The zero-order valence-corrected chi connectivity index (χ0v) is 19.6. The van der Waals surface area contributed by atoms with Crippen molar-refractivity contribution in [3.63, 3.8) is 0 Å². The number of thioether (sulfide) groups is 1. The molecule has 8 heteroatoms. The van der Waals surface area contributed by atoms with Crippen LogP contribution >= 0.6 is 11.8 Å². The average molecular weight is 448 g/mol. The van der Waals surface area contributed by atoms with Gasteiger partial charge in [0.15, 0.2) is 11.0 Å². The molecule has 2 aromatic carbocycles. The second-order valence-electron chi connectivity index (χ2n) is 8.29. The third kappa shape index (κ3) is 5.24. The molecule has 0 radical (unpaired) electrons. The lowest BCUT2D eigenvalue weighted by molar-refractivity contribution is 0.640.